The Bertz CT molecular complexity index is 1400. The molecule has 0 bridgehead atoms. The van der Waals surface area contributed by atoms with Crippen LogP contribution >= 0.6 is 0 Å². The van der Waals surface area contributed by atoms with Gasteiger partial charge in [-0.15, -0.1) is 0 Å². The number of Topliss-reactive ketones (excluding diaryl/α,β-unsaturated/α-hetero) is 1. The number of aromatic nitrogens is 2. The number of anilines is 1. The summed E-state index contributed by atoms with van der Waals surface area (Å²) in [7, 11) is 1.24. The molecule has 1 aromatic carbocycles. The maximum Gasteiger partial charge on any atom is 0.344 e. The van der Waals surface area contributed by atoms with Crippen LogP contribution in [0.25, 0.3) is 11.0 Å². The third kappa shape index (κ3) is 5.20. The van der Waals surface area contributed by atoms with E-state index in [0.29, 0.717) is 5.39 Å². The number of rotatable bonds is 8. The Morgan fingerprint density at radius 3 is 2.48 bits per heavy atom. The number of nitrogen functional groups attached to an aromatic ring is 1. The van der Waals surface area contributed by atoms with Crippen LogP contribution in [-0.4, -0.2) is 34.1 Å². The highest BCUT2D eigenvalue weighted by molar-refractivity contribution is 6.01. The van der Waals surface area contributed by atoms with Crippen LogP contribution < -0.4 is 27.3 Å². The Balaban J connectivity index is 1.68. The first-order valence-corrected chi connectivity index (χ1v) is 10.0. The molecule has 0 saturated heterocycles. The second-order valence-electron chi connectivity index (χ2n) is 7.74. The Morgan fingerprint density at radius 2 is 1.79 bits per heavy atom. The molecule has 0 aliphatic carbocycles. The molecule has 0 atom stereocenters. The molecule has 0 amide bonds. The molecule has 3 aromatic rings. The second-order valence-corrected chi connectivity index (χ2v) is 7.74. The van der Waals surface area contributed by atoms with E-state index >= 15 is 0 Å². The fourth-order valence-corrected chi connectivity index (χ4v) is 3.12. The van der Waals surface area contributed by atoms with E-state index in [2.05, 4.69) is 0 Å². The lowest BCUT2D eigenvalue weighted by Crippen LogP contribution is -2.43. The summed E-state index contributed by atoms with van der Waals surface area (Å²) in [5, 5.41) is 0.674. The van der Waals surface area contributed by atoms with E-state index in [1.54, 1.807) is 18.2 Å². The van der Waals surface area contributed by atoms with Crippen molar-refractivity contribution in [2.75, 3.05) is 18.9 Å². The van der Waals surface area contributed by atoms with E-state index in [4.69, 9.17) is 19.6 Å². The summed E-state index contributed by atoms with van der Waals surface area (Å²) in [5.74, 6) is -1.70. The molecule has 2 heterocycles. The average Bonchev–Trinajstić information content (AvgIpc) is 2.77. The van der Waals surface area contributed by atoms with Crippen molar-refractivity contribution in [1.82, 2.24) is 9.13 Å². The van der Waals surface area contributed by atoms with Gasteiger partial charge in [-0.1, -0.05) is 13.8 Å². The molecule has 0 spiro atoms. The molecule has 2 N–H and O–H groups in total. The summed E-state index contributed by atoms with van der Waals surface area (Å²) < 4.78 is 17.2. The molecule has 0 unspecified atom stereocenters. The van der Waals surface area contributed by atoms with Crippen LogP contribution in [0.3, 0.4) is 0 Å². The zero-order chi connectivity index (χ0) is 24.3. The van der Waals surface area contributed by atoms with Gasteiger partial charge in [0.25, 0.3) is 5.56 Å². The number of nitrogens with zero attached hydrogens (tertiary/aromatic N) is 2. The number of hydrogen-bond acceptors (Lipinski definition) is 9. The van der Waals surface area contributed by atoms with Gasteiger partial charge in [-0.05, 0) is 24.1 Å². The van der Waals surface area contributed by atoms with E-state index in [1.165, 1.54) is 19.2 Å². The summed E-state index contributed by atoms with van der Waals surface area (Å²) in [5.41, 5.74) is 3.76. The fourth-order valence-electron chi connectivity index (χ4n) is 3.12. The summed E-state index contributed by atoms with van der Waals surface area (Å²) in [6.07, 6.45) is 0. The zero-order valence-corrected chi connectivity index (χ0v) is 18.3. The first-order chi connectivity index (χ1) is 15.6. The van der Waals surface area contributed by atoms with Gasteiger partial charge >= 0.3 is 17.3 Å². The third-order valence-electron chi connectivity index (χ3n) is 4.73. The molecule has 0 fully saturated rings. The minimum atomic E-state index is -0.871. The number of esters is 1. The van der Waals surface area contributed by atoms with Crippen molar-refractivity contribution in [3.63, 3.8) is 0 Å². The van der Waals surface area contributed by atoms with Gasteiger partial charge < -0.3 is 19.6 Å². The van der Waals surface area contributed by atoms with Crippen LogP contribution in [0.4, 0.5) is 5.82 Å². The standard InChI is InChI=1S/C22H23N3O8/c1-12(2)9-25-20(23)19(21(29)24(3)22(25)30)15(26)10-32-18(28)11-31-14-6-4-13-5-7-17(27)33-16(13)8-14/h4-8,12H,9-11,23H2,1-3H3. The van der Waals surface area contributed by atoms with Crippen LogP contribution in [0.15, 0.2) is 49.1 Å². The van der Waals surface area contributed by atoms with Gasteiger partial charge in [0.15, 0.2) is 13.2 Å². The lowest BCUT2D eigenvalue weighted by atomic mass is 10.1. The highest BCUT2D eigenvalue weighted by Crippen LogP contribution is 2.19. The fraction of sp³-hybridized carbons (Fsp3) is 0.318. The summed E-state index contributed by atoms with van der Waals surface area (Å²) in [6.45, 7) is 2.62. The van der Waals surface area contributed by atoms with Gasteiger partial charge in [-0.25, -0.2) is 14.4 Å². The van der Waals surface area contributed by atoms with Crippen molar-refractivity contribution >= 4 is 28.5 Å². The van der Waals surface area contributed by atoms with E-state index in [0.717, 1.165) is 9.13 Å². The molecular formula is C22H23N3O8. The molecule has 0 radical (unpaired) electrons. The van der Waals surface area contributed by atoms with Crippen molar-refractivity contribution in [2.24, 2.45) is 13.0 Å². The summed E-state index contributed by atoms with van der Waals surface area (Å²) >= 11 is 0. The Kier molecular flexibility index (Phi) is 6.80. The molecule has 174 valence electrons. The predicted octanol–water partition coefficient (Wildman–Crippen LogP) is 0.696. The van der Waals surface area contributed by atoms with Gasteiger partial charge in [0, 0.05) is 31.1 Å². The minimum Gasteiger partial charge on any atom is -0.482 e. The van der Waals surface area contributed by atoms with E-state index < -0.39 is 47.4 Å². The van der Waals surface area contributed by atoms with E-state index in [-0.39, 0.29) is 29.6 Å². The number of benzene rings is 1. The topological polar surface area (TPSA) is 153 Å². The molecule has 3 rings (SSSR count). The lowest BCUT2D eigenvalue weighted by molar-refractivity contribution is -0.144. The molecule has 2 aromatic heterocycles. The van der Waals surface area contributed by atoms with Gasteiger partial charge in [0.05, 0.1) is 0 Å². The molecule has 11 nitrogen and oxygen atoms in total. The summed E-state index contributed by atoms with van der Waals surface area (Å²) in [6, 6.07) is 7.53. The van der Waals surface area contributed by atoms with Crippen LogP contribution in [0.1, 0.15) is 24.2 Å². The monoisotopic (exact) mass is 457 g/mol. The molecule has 33 heavy (non-hydrogen) atoms. The highest BCUT2D eigenvalue weighted by atomic mass is 16.6. The normalized spacial score (nSPS) is 11.0. The number of ketones is 1. The van der Waals surface area contributed by atoms with Crippen LogP contribution in [0.2, 0.25) is 0 Å². The number of carbonyl (C=O) groups is 2. The zero-order valence-electron chi connectivity index (χ0n) is 18.3. The van der Waals surface area contributed by atoms with Gasteiger partial charge in [-0.2, -0.15) is 0 Å². The minimum absolute atomic E-state index is 0.0311. The second kappa shape index (κ2) is 9.55. The molecular weight excluding hydrogens is 434 g/mol. The number of nitrogens with two attached hydrogens (primary N) is 1. The number of ether oxygens (including phenoxy) is 2. The Hall–Kier alpha value is -4.15. The SMILES string of the molecule is CC(C)Cn1c(N)c(C(=O)COC(=O)COc2ccc3ccc(=O)oc3c2)c(=O)n(C)c1=O. The Labute approximate surface area is 186 Å². The lowest BCUT2D eigenvalue weighted by Gasteiger charge is -2.16. The van der Waals surface area contributed by atoms with Gasteiger partial charge in [0.2, 0.25) is 5.78 Å². The van der Waals surface area contributed by atoms with Gasteiger partial charge in [0.1, 0.15) is 22.7 Å². The summed E-state index contributed by atoms with van der Waals surface area (Å²) in [4.78, 5) is 60.7. The number of carbonyl (C=O) groups excluding carboxylic acids is 2. The quantitative estimate of drug-likeness (QED) is 0.292. The van der Waals surface area contributed by atoms with Crippen LogP contribution in [-0.2, 0) is 23.1 Å². The van der Waals surface area contributed by atoms with Crippen molar-refractivity contribution in [3.05, 3.63) is 67.2 Å². The first-order valence-electron chi connectivity index (χ1n) is 10.0. The third-order valence-corrected chi connectivity index (χ3v) is 4.73. The molecule has 0 aliphatic heterocycles. The van der Waals surface area contributed by atoms with E-state index in [1.807, 2.05) is 13.8 Å². The number of hydrogen-bond donors (Lipinski definition) is 1. The van der Waals surface area contributed by atoms with Gasteiger partial charge in [-0.3, -0.25) is 18.7 Å². The van der Waals surface area contributed by atoms with Crippen molar-refractivity contribution < 1.29 is 23.5 Å². The largest absolute Gasteiger partial charge is 0.482 e. The highest BCUT2D eigenvalue weighted by Gasteiger charge is 2.23. The van der Waals surface area contributed by atoms with Crippen LogP contribution in [0.5, 0.6) is 5.75 Å². The predicted molar refractivity (Wildman–Crippen MR) is 118 cm³/mol. The molecule has 0 aliphatic rings. The first kappa shape index (κ1) is 23.5. The van der Waals surface area contributed by atoms with Crippen molar-refractivity contribution in [3.8, 4) is 5.75 Å². The van der Waals surface area contributed by atoms with Crippen molar-refractivity contribution in [2.45, 2.75) is 20.4 Å². The Morgan fingerprint density at radius 1 is 1.09 bits per heavy atom. The molecule has 11 heteroatoms. The molecule has 0 saturated carbocycles. The van der Waals surface area contributed by atoms with Crippen molar-refractivity contribution in [1.29, 1.82) is 0 Å². The van der Waals surface area contributed by atoms with E-state index in [9.17, 15) is 24.0 Å². The average molecular weight is 457 g/mol. The maximum atomic E-state index is 12.6. The maximum absolute atomic E-state index is 12.6. The number of fused-ring (bicyclic) bond motifs is 1. The van der Waals surface area contributed by atoms with Crippen LogP contribution in [0, 0.1) is 5.92 Å². The smallest absolute Gasteiger partial charge is 0.344 e.